The first-order chi connectivity index (χ1) is 11.9. The number of hydrogen-bond acceptors (Lipinski definition) is 5. The molecule has 0 bridgehead atoms. The summed E-state index contributed by atoms with van der Waals surface area (Å²) in [5.74, 6) is -0.285. The number of amides is 1. The summed E-state index contributed by atoms with van der Waals surface area (Å²) < 4.78 is 26.9. The third kappa shape index (κ3) is 4.65. The van der Waals surface area contributed by atoms with Gasteiger partial charge in [0, 0.05) is 43.2 Å². The van der Waals surface area contributed by atoms with Gasteiger partial charge >= 0.3 is 0 Å². The first kappa shape index (κ1) is 19.6. The van der Waals surface area contributed by atoms with Gasteiger partial charge in [0.05, 0.1) is 9.90 Å². The van der Waals surface area contributed by atoms with Gasteiger partial charge in [0.25, 0.3) is 5.91 Å². The van der Waals surface area contributed by atoms with Crippen LogP contribution in [0.25, 0.3) is 0 Å². The van der Waals surface area contributed by atoms with Crippen molar-refractivity contribution in [1.82, 2.24) is 14.6 Å². The standard InChI is InChI=1S/C17H23N3O3S2/c1-4-20(5-2)25(22,23)15-12-14(7-6-13(15)3)17(21)19-9-8-16-18-10-11-24-16/h6-7,10-12H,4-5,8-9H2,1-3H3,(H,19,21). The van der Waals surface area contributed by atoms with Crippen LogP contribution in [0.1, 0.15) is 34.8 Å². The van der Waals surface area contributed by atoms with Gasteiger partial charge in [0.2, 0.25) is 10.0 Å². The quantitative estimate of drug-likeness (QED) is 0.762. The first-order valence-corrected chi connectivity index (χ1v) is 10.5. The maximum Gasteiger partial charge on any atom is 0.251 e. The van der Waals surface area contributed by atoms with Gasteiger partial charge < -0.3 is 5.32 Å². The van der Waals surface area contributed by atoms with E-state index in [1.54, 1.807) is 39.1 Å². The number of nitrogens with zero attached hydrogens (tertiary/aromatic N) is 2. The van der Waals surface area contributed by atoms with Crippen LogP contribution >= 0.6 is 11.3 Å². The summed E-state index contributed by atoms with van der Waals surface area (Å²) in [5.41, 5.74) is 0.974. The number of thiazole rings is 1. The molecule has 0 saturated heterocycles. The minimum absolute atomic E-state index is 0.184. The van der Waals surface area contributed by atoms with Crippen LogP contribution in [-0.4, -0.2) is 43.2 Å². The second kappa shape index (κ2) is 8.55. The molecular weight excluding hydrogens is 358 g/mol. The second-order valence-electron chi connectivity index (χ2n) is 5.50. The maximum atomic E-state index is 12.7. The molecule has 0 radical (unpaired) electrons. The van der Waals surface area contributed by atoms with Crippen LogP contribution in [0.15, 0.2) is 34.7 Å². The highest BCUT2D eigenvalue weighted by atomic mass is 32.2. The fraction of sp³-hybridized carbons (Fsp3) is 0.412. The molecule has 0 unspecified atom stereocenters. The van der Waals surface area contributed by atoms with E-state index < -0.39 is 10.0 Å². The average Bonchev–Trinajstić information content (AvgIpc) is 3.09. The lowest BCUT2D eigenvalue weighted by atomic mass is 10.1. The molecule has 0 fully saturated rings. The predicted octanol–water partition coefficient (Wildman–Crippen LogP) is 2.45. The molecule has 1 aromatic carbocycles. The minimum atomic E-state index is -3.60. The van der Waals surface area contributed by atoms with Gasteiger partial charge in [0.1, 0.15) is 0 Å². The summed E-state index contributed by atoms with van der Waals surface area (Å²) in [5, 5.41) is 5.65. The summed E-state index contributed by atoms with van der Waals surface area (Å²) in [6.45, 7) is 6.57. The van der Waals surface area contributed by atoms with Crippen LogP contribution in [-0.2, 0) is 16.4 Å². The molecule has 2 rings (SSSR count). The van der Waals surface area contributed by atoms with E-state index in [2.05, 4.69) is 10.3 Å². The van der Waals surface area contributed by atoms with Crippen molar-refractivity contribution in [3.8, 4) is 0 Å². The van der Waals surface area contributed by atoms with Gasteiger partial charge in [-0.15, -0.1) is 11.3 Å². The summed E-state index contributed by atoms with van der Waals surface area (Å²) in [7, 11) is -3.60. The number of nitrogens with one attached hydrogen (secondary N) is 1. The number of benzene rings is 1. The number of aromatic nitrogens is 1. The van der Waals surface area contributed by atoms with Crippen molar-refractivity contribution in [3.05, 3.63) is 45.9 Å². The van der Waals surface area contributed by atoms with Crippen molar-refractivity contribution < 1.29 is 13.2 Å². The van der Waals surface area contributed by atoms with Crippen LogP contribution in [0.2, 0.25) is 0 Å². The van der Waals surface area contributed by atoms with E-state index in [9.17, 15) is 13.2 Å². The van der Waals surface area contributed by atoms with E-state index in [4.69, 9.17) is 0 Å². The molecule has 136 valence electrons. The zero-order valence-electron chi connectivity index (χ0n) is 14.7. The maximum absolute atomic E-state index is 12.7. The Bertz CT molecular complexity index is 814. The molecule has 0 aliphatic heterocycles. The molecule has 25 heavy (non-hydrogen) atoms. The number of rotatable bonds is 8. The van der Waals surface area contributed by atoms with Gasteiger partial charge in [-0.05, 0) is 24.6 Å². The molecule has 0 spiro atoms. The number of sulfonamides is 1. The zero-order chi connectivity index (χ0) is 18.4. The Kier molecular flexibility index (Phi) is 6.69. The van der Waals surface area contributed by atoms with E-state index in [1.807, 2.05) is 5.38 Å². The fourth-order valence-electron chi connectivity index (χ4n) is 2.48. The topological polar surface area (TPSA) is 79.4 Å². The van der Waals surface area contributed by atoms with Crippen molar-refractivity contribution in [3.63, 3.8) is 0 Å². The van der Waals surface area contributed by atoms with Crippen molar-refractivity contribution in [1.29, 1.82) is 0 Å². The monoisotopic (exact) mass is 381 g/mol. The van der Waals surface area contributed by atoms with E-state index in [1.165, 1.54) is 21.7 Å². The average molecular weight is 382 g/mol. The molecule has 6 nitrogen and oxygen atoms in total. The van der Waals surface area contributed by atoms with E-state index in [-0.39, 0.29) is 10.8 Å². The number of aryl methyl sites for hydroxylation is 1. The summed E-state index contributed by atoms with van der Waals surface area (Å²) >= 11 is 1.54. The smallest absolute Gasteiger partial charge is 0.251 e. The molecule has 0 saturated carbocycles. The van der Waals surface area contributed by atoms with Gasteiger partial charge in [-0.3, -0.25) is 4.79 Å². The predicted molar refractivity (Wildman–Crippen MR) is 99.4 cm³/mol. The Balaban J connectivity index is 2.16. The number of carbonyl (C=O) groups excluding carboxylic acids is 1. The Morgan fingerprint density at radius 2 is 2.00 bits per heavy atom. The number of hydrogen-bond donors (Lipinski definition) is 1. The lowest BCUT2D eigenvalue weighted by molar-refractivity contribution is 0.0954. The number of carbonyl (C=O) groups is 1. The first-order valence-electron chi connectivity index (χ1n) is 8.17. The molecular formula is C17H23N3O3S2. The third-order valence-corrected chi connectivity index (χ3v) is 6.91. The van der Waals surface area contributed by atoms with E-state index in [0.717, 1.165) is 5.01 Å². The summed E-state index contributed by atoms with van der Waals surface area (Å²) in [6, 6.07) is 4.78. The van der Waals surface area contributed by atoms with Crippen molar-refractivity contribution >= 4 is 27.3 Å². The van der Waals surface area contributed by atoms with Crippen LogP contribution in [0, 0.1) is 6.92 Å². The SMILES string of the molecule is CCN(CC)S(=O)(=O)c1cc(C(=O)NCCc2nccs2)ccc1C. The largest absolute Gasteiger partial charge is 0.352 e. The van der Waals surface area contributed by atoms with Crippen molar-refractivity contribution in [2.75, 3.05) is 19.6 Å². The van der Waals surface area contributed by atoms with Gasteiger partial charge in [-0.1, -0.05) is 19.9 Å². The van der Waals surface area contributed by atoms with Gasteiger partial charge in [-0.2, -0.15) is 4.31 Å². The summed E-state index contributed by atoms with van der Waals surface area (Å²) in [6.07, 6.45) is 2.38. The Labute approximate surface area is 153 Å². The molecule has 1 aromatic heterocycles. The normalized spacial score (nSPS) is 11.7. The minimum Gasteiger partial charge on any atom is -0.352 e. The fourth-order valence-corrected chi connectivity index (χ4v) is 4.81. The third-order valence-electron chi connectivity index (χ3n) is 3.88. The Morgan fingerprint density at radius 1 is 1.28 bits per heavy atom. The van der Waals surface area contributed by atoms with E-state index in [0.29, 0.717) is 37.2 Å². The highest BCUT2D eigenvalue weighted by Gasteiger charge is 2.24. The molecule has 0 aliphatic rings. The van der Waals surface area contributed by atoms with Crippen molar-refractivity contribution in [2.45, 2.75) is 32.1 Å². The van der Waals surface area contributed by atoms with Crippen LogP contribution in [0.5, 0.6) is 0 Å². The van der Waals surface area contributed by atoms with Crippen LogP contribution in [0.3, 0.4) is 0 Å². The molecule has 1 amide bonds. The van der Waals surface area contributed by atoms with Crippen molar-refractivity contribution in [2.24, 2.45) is 0 Å². The summed E-state index contributed by atoms with van der Waals surface area (Å²) in [4.78, 5) is 16.7. The lowest BCUT2D eigenvalue weighted by Crippen LogP contribution is -2.31. The highest BCUT2D eigenvalue weighted by Crippen LogP contribution is 2.21. The molecule has 0 atom stereocenters. The molecule has 1 N–H and O–H groups in total. The second-order valence-corrected chi connectivity index (χ2v) is 8.39. The van der Waals surface area contributed by atoms with E-state index >= 15 is 0 Å². The van der Waals surface area contributed by atoms with Gasteiger partial charge in [0.15, 0.2) is 0 Å². The molecule has 8 heteroatoms. The van der Waals surface area contributed by atoms with Gasteiger partial charge in [-0.25, -0.2) is 13.4 Å². The van der Waals surface area contributed by atoms with Crippen LogP contribution in [0.4, 0.5) is 0 Å². The Hall–Kier alpha value is -1.77. The zero-order valence-corrected chi connectivity index (χ0v) is 16.3. The lowest BCUT2D eigenvalue weighted by Gasteiger charge is -2.20. The van der Waals surface area contributed by atoms with Crippen LogP contribution < -0.4 is 5.32 Å². The molecule has 1 heterocycles. The molecule has 2 aromatic rings. The Morgan fingerprint density at radius 3 is 2.60 bits per heavy atom. The highest BCUT2D eigenvalue weighted by molar-refractivity contribution is 7.89. The molecule has 0 aliphatic carbocycles.